The molecule has 1 heterocycles. The number of ether oxygens (including phenoxy) is 1. The van der Waals surface area contributed by atoms with Gasteiger partial charge in [-0.1, -0.05) is 25.3 Å². The van der Waals surface area contributed by atoms with Gasteiger partial charge in [-0.15, -0.1) is 0 Å². The maximum absolute atomic E-state index is 13.6. The Morgan fingerprint density at radius 2 is 2.00 bits per heavy atom. The summed E-state index contributed by atoms with van der Waals surface area (Å²) < 4.78 is 19.7. The highest BCUT2D eigenvalue weighted by Crippen LogP contribution is 2.44. The van der Waals surface area contributed by atoms with Crippen molar-refractivity contribution in [2.75, 3.05) is 6.61 Å². The lowest BCUT2D eigenvalue weighted by atomic mass is 9.74. The first kappa shape index (κ1) is 15.0. The van der Waals surface area contributed by atoms with Gasteiger partial charge < -0.3 is 9.84 Å². The summed E-state index contributed by atoms with van der Waals surface area (Å²) >= 11 is 0. The van der Waals surface area contributed by atoms with Gasteiger partial charge in [0, 0.05) is 6.61 Å². The monoisotopic (exact) mass is 292 g/mol. The Bertz CT molecular complexity index is 468. The highest BCUT2D eigenvalue weighted by atomic mass is 19.1. The van der Waals surface area contributed by atoms with Crippen LogP contribution in [0.3, 0.4) is 0 Å². The number of halogens is 1. The van der Waals surface area contributed by atoms with Crippen molar-refractivity contribution in [3.63, 3.8) is 0 Å². The molecule has 0 bridgehead atoms. The van der Waals surface area contributed by atoms with E-state index in [1.165, 1.54) is 31.4 Å². The molecule has 1 aliphatic carbocycles. The molecule has 2 fully saturated rings. The first-order chi connectivity index (χ1) is 10.1. The van der Waals surface area contributed by atoms with Crippen molar-refractivity contribution < 1.29 is 14.2 Å². The summed E-state index contributed by atoms with van der Waals surface area (Å²) in [6.07, 6.45) is 7.15. The standard InChI is InChI=1S/C18H25FO2/c1-13-9-15(11-16(19)10-13)17(20)14-5-8-21-18(12-14)6-3-2-4-7-18/h9-11,14,17,20H,2-8,12H2,1H3. The molecule has 21 heavy (non-hydrogen) atoms. The number of aryl methyl sites for hydroxylation is 1. The molecule has 116 valence electrons. The second-order valence-corrected chi connectivity index (χ2v) is 6.85. The van der Waals surface area contributed by atoms with Crippen LogP contribution in [0, 0.1) is 18.7 Å². The van der Waals surface area contributed by atoms with Gasteiger partial charge in [0.05, 0.1) is 11.7 Å². The Kier molecular flexibility index (Phi) is 4.32. The Morgan fingerprint density at radius 1 is 1.24 bits per heavy atom. The SMILES string of the molecule is Cc1cc(F)cc(C(O)C2CCOC3(CCCCC3)C2)c1. The normalized spacial score (nSPS) is 26.7. The van der Waals surface area contributed by atoms with Crippen molar-refractivity contribution in [1.82, 2.24) is 0 Å². The molecule has 1 spiro atoms. The predicted octanol–water partition coefficient (Wildman–Crippen LogP) is 4.30. The van der Waals surface area contributed by atoms with Gasteiger partial charge in [0.15, 0.2) is 0 Å². The highest BCUT2D eigenvalue weighted by molar-refractivity contribution is 5.26. The lowest BCUT2D eigenvalue weighted by molar-refractivity contribution is -0.134. The van der Waals surface area contributed by atoms with Crippen molar-refractivity contribution in [1.29, 1.82) is 0 Å². The molecular formula is C18H25FO2. The third-order valence-electron chi connectivity index (χ3n) is 5.15. The first-order valence-corrected chi connectivity index (χ1v) is 8.17. The molecule has 1 saturated heterocycles. The minimum atomic E-state index is -0.581. The molecule has 1 aromatic rings. The number of rotatable bonds is 2. The van der Waals surface area contributed by atoms with Gasteiger partial charge >= 0.3 is 0 Å². The van der Waals surface area contributed by atoms with Crippen LogP contribution >= 0.6 is 0 Å². The maximum atomic E-state index is 13.6. The Hall–Kier alpha value is -0.930. The van der Waals surface area contributed by atoms with Gasteiger partial charge in [-0.2, -0.15) is 0 Å². The minimum Gasteiger partial charge on any atom is -0.388 e. The average molecular weight is 292 g/mol. The first-order valence-electron chi connectivity index (χ1n) is 8.17. The van der Waals surface area contributed by atoms with Gasteiger partial charge in [-0.05, 0) is 61.8 Å². The van der Waals surface area contributed by atoms with Crippen LogP contribution in [0.5, 0.6) is 0 Å². The van der Waals surface area contributed by atoms with Crippen LogP contribution in [0.2, 0.25) is 0 Å². The van der Waals surface area contributed by atoms with Crippen LogP contribution < -0.4 is 0 Å². The summed E-state index contributed by atoms with van der Waals surface area (Å²) in [6.45, 7) is 2.59. The van der Waals surface area contributed by atoms with Crippen LogP contribution in [0.25, 0.3) is 0 Å². The van der Waals surface area contributed by atoms with Gasteiger partial charge in [0.1, 0.15) is 5.82 Å². The zero-order valence-corrected chi connectivity index (χ0v) is 12.8. The molecule has 0 aromatic heterocycles. The molecule has 1 saturated carbocycles. The zero-order chi connectivity index (χ0) is 14.9. The number of aliphatic hydroxyl groups is 1. The highest BCUT2D eigenvalue weighted by Gasteiger charge is 2.40. The number of benzene rings is 1. The molecule has 2 atom stereocenters. The summed E-state index contributed by atoms with van der Waals surface area (Å²) in [5.41, 5.74) is 1.55. The second-order valence-electron chi connectivity index (χ2n) is 6.85. The fourth-order valence-electron chi connectivity index (χ4n) is 4.09. The molecule has 1 N–H and O–H groups in total. The van der Waals surface area contributed by atoms with Gasteiger partial charge in [-0.3, -0.25) is 0 Å². The topological polar surface area (TPSA) is 29.5 Å². The molecule has 1 aliphatic heterocycles. The van der Waals surface area contributed by atoms with Crippen LogP contribution in [0.4, 0.5) is 4.39 Å². The average Bonchev–Trinajstić information content (AvgIpc) is 2.46. The molecule has 3 heteroatoms. The summed E-state index contributed by atoms with van der Waals surface area (Å²) in [6, 6.07) is 4.88. The van der Waals surface area contributed by atoms with E-state index < -0.39 is 6.10 Å². The summed E-state index contributed by atoms with van der Waals surface area (Å²) in [5, 5.41) is 10.7. The predicted molar refractivity (Wildman–Crippen MR) is 80.6 cm³/mol. The smallest absolute Gasteiger partial charge is 0.123 e. The van der Waals surface area contributed by atoms with Crippen LogP contribution in [0.1, 0.15) is 62.2 Å². The molecular weight excluding hydrogens is 267 g/mol. The van der Waals surface area contributed by atoms with Gasteiger partial charge in [-0.25, -0.2) is 4.39 Å². The lowest BCUT2D eigenvalue weighted by Gasteiger charge is -2.44. The van der Waals surface area contributed by atoms with Crippen LogP contribution in [0.15, 0.2) is 18.2 Å². The number of hydrogen-bond donors (Lipinski definition) is 1. The Labute approximate surface area is 126 Å². The van der Waals surface area contributed by atoms with Crippen LogP contribution in [-0.4, -0.2) is 17.3 Å². The fourth-order valence-corrected chi connectivity index (χ4v) is 4.09. The van der Waals surface area contributed by atoms with E-state index in [0.29, 0.717) is 5.56 Å². The second kappa shape index (κ2) is 6.05. The summed E-state index contributed by atoms with van der Waals surface area (Å²) in [4.78, 5) is 0. The molecule has 2 unspecified atom stereocenters. The van der Waals surface area contributed by atoms with Crippen LogP contribution in [-0.2, 0) is 4.74 Å². The van der Waals surface area contributed by atoms with E-state index in [1.807, 2.05) is 13.0 Å². The van der Waals surface area contributed by atoms with E-state index in [2.05, 4.69) is 0 Å². The fraction of sp³-hybridized carbons (Fsp3) is 0.667. The molecule has 2 nitrogen and oxygen atoms in total. The van der Waals surface area contributed by atoms with Crippen molar-refractivity contribution in [3.05, 3.63) is 35.1 Å². The van der Waals surface area contributed by atoms with E-state index in [0.717, 1.165) is 37.9 Å². The Balaban J connectivity index is 1.76. The van der Waals surface area contributed by atoms with E-state index in [1.54, 1.807) is 0 Å². The zero-order valence-electron chi connectivity index (χ0n) is 12.8. The van der Waals surface area contributed by atoms with Crippen molar-refractivity contribution in [2.45, 2.75) is 63.6 Å². The molecule has 3 rings (SSSR count). The summed E-state index contributed by atoms with van der Waals surface area (Å²) in [5.74, 6) is -0.0819. The number of hydrogen-bond acceptors (Lipinski definition) is 2. The molecule has 2 aliphatic rings. The molecule has 0 radical (unpaired) electrons. The van der Waals surface area contributed by atoms with Gasteiger partial charge in [0.2, 0.25) is 0 Å². The van der Waals surface area contributed by atoms with Crippen molar-refractivity contribution in [2.24, 2.45) is 5.92 Å². The van der Waals surface area contributed by atoms with E-state index in [9.17, 15) is 9.50 Å². The third kappa shape index (κ3) is 3.29. The van der Waals surface area contributed by atoms with Gasteiger partial charge in [0.25, 0.3) is 0 Å². The third-order valence-corrected chi connectivity index (χ3v) is 5.15. The lowest BCUT2D eigenvalue weighted by Crippen LogP contribution is -2.42. The molecule has 0 amide bonds. The number of aliphatic hydroxyl groups excluding tert-OH is 1. The molecule has 1 aromatic carbocycles. The minimum absolute atomic E-state index is 0.0233. The van der Waals surface area contributed by atoms with E-state index in [4.69, 9.17) is 4.74 Å². The largest absolute Gasteiger partial charge is 0.388 e. The van der Waals surface area contributed by atoms with Crippen molar-refractivity contribution in [3.8, 4) is 0 Å². The van der Waals surface area contributed by atoms with Crippen molar-refractivity contribution >= 4 is 0 Å². The summed E-state index contributed by atoms with van der Waals surface area (Å²) in [7, 11) is 0. The Morgan fingerprint density at radius 3 is 2.71 bits per heavy atom. The maximum Gasteiger partial charge on any atom is 0.123 e. The van der Waals surface area contributed by atoms with E-state index in [-0.39, 0.29) is 17.3 Å². The van der Waals surface area contributed by atoms with E-state index >= 15 is 0 Å². The quantitative estimate of drug-likeness (QED) is 0.880.